The molecule has 0 aromatic carbocycles. The topological polar surface area (TPSA) is 24.9 Å². The molecule has 0 atom stereocenters. The number of rotatable bonds is 4. The number of nitrogens with zero attached hydrogens (tertiary/aromatic N) is 1. The summed E-state index contributed by atoms with van der Waals surface area (Å²) in [6, 6.07) is 3.79. The van der Waals surface area contributed by atoms with Crippen LogP contribution in [0.1, 0.15) is 45.2 Å². The van der Waals surface area contributed by atoms with Crippen molar-refractivity contribution in [2.24, 2.45) is 0 Å². The Morgan fingerprint density at radius 2 is 2.05 bits per heavy atom. The highest BCUT2D eigenvalue weighted by molar-refractivity contribution is 6.31. The molecular weight excluding hydrogens is 282 g/mol. The first kappa shape index (κ1) is 15.6. The third-order valence-electron chi connectivity index (χ3n) is 3.95. The van der Waals surface area contributed by atoms with Crippen LogP contribution in [0.5, 0.6) is 0 Å². The lowest BCUT2D eigenvalue weighted by Gasteiger charge is -2.32. The van der Waals surface area contributed by atoms with Crippen LogP contribution in [0.15, 0.2) is 18.3 Å². The van der Waals surface area contributed by atoms with Crippen molar-refractivity contribution >= 4 is 11.6 Å². The largest absolute Gasteiger partial charge is 0.313 e. The highest BCUT2D eigenvalue weighted by atomic mass is 35.5. The molecule has 1 heterocycles. The molecular formula is C15H21ClF2N2. The van der Waals surface area contributed by atoms with Gasteiger partial charge in [0.05, 0.1) is 10.7 Å². The Balaban J connectivity index is 1.92. The molecule has 0 radical (unpaired) electrons. The lowest BCUT2D eigenvalue weighted by molar-refractivity contribution is -0.0406. The van der Waals surface area contributed by atoms with Gasteiger partial charge in [-0.3, -0.25) is 4.98 Å². The summed E-state index contributed by atoms with van der Waals surface area (Å²) in [5.74, 6) is -2.47. The standard InChI is InChI=1S/C15H21ClF2N2/c1-14(2,13-12(16)4-3-9-19-13)10-20-11-5-7-15(17,18)8-6-11/h3-4,9,11,20H,5-8,10H2,1-2H3. The third kappa shape index (κ3) is 3.89. The zero-order chi connectivity index (χ0) is 14.8. The second-order valence-electron chi connectivity index (χ2n) is 6.23. The quantitative estimate of drug-likeness (QED) is 0.902. The van der Waals surface area contributed by atoms with Gasteiger partial charge >= 0.3 is 0 Å². The minimum absolute atomic E-state index is 0.0184. The third-order valence-corrected chi connectivity index (χ3v) is 4.25. The van der Waals surface area contributed by atoms with Crippen LogP contribution in [0.2, 0.25) is 5.02 Å². The van der Waals surface area contributed by atoms with Gasteiger partial charge in [-0.15, -0.1) is 0 Å². The molecule has 5 heteroatoms. The molecule has 0 amide bonds. The van der Waals surface area contributed by atoms with Crippen LogP contribution in [0.3, 0.4) is 0 Å². The zero-order valence-electron chi connectivity index (χ0n) is 11.9. The van der Waals surface area contributed by atoms with Crippen molar-refractivity contribution in [1.82, 2.24) is 10.3 Å². The van der Waals surface area contributed by atoms with E-state index in [2.05, 4.69) is 24.1 Å². The molecule has 0 bridgehead atoms. The molecule has 1 aromatic heterocycles. The predicted octanol–water partition coefficient (Wildman–Crippen LogP) is 4.18. The van der Waals surface area contributed by atoms with Crippen LogP contribution in [0.4, 0.5) is 8.78 Å². The van der Waals surface area contributed by atoms with Gasteiger partial charge < -0.3 is 5.32 Å². The van der Waals surface area contributed by atoms with Crippen molar-refractivity contribution in [2.45, 2.75) is 56.9 Å². The first-order valence-electron chi connectivity index (χ1n) is 7.02. The maximum absolute atomic E-state index is 13.1. The smallest absolute Gasteiger partial charge is 0.248 e. The lowest BCUT2D eigenvalue weighted by atomic mass is 9.86. The number of pyridine rings is 1. The first-order chi connectivity index (χ1) is 9.30. The highest BCUT2D eigenvalue weighted by Gasteiger charge is 2.35. The summed E-state index contributed by atoms with van der Waals surface area (Å²) in [6.45, 7) is 4.80. The SMILES string of the molecule is CC(C)(CNC1CCC(F)(F)CC1)c1ncccc1Cl. The van der Waals surface area contributed by atoms with Gasteiger partial charge in [-0.1, -0.05) is 25.4 Å². The van der Waals surface area contributed by atoms with E-state index in [0.717, 1.165) is 5.69 Å². The number of nitrogens with one attached hydrogen (secondary N) is 1. The van der Waals surface area contributed by atoms with Gasteiger partial charge in [0.1, 0.15) is 0 Å². The van der Waals surface area contributed by atoms with E-state index in [1.54, 1.807) is 12.3 Å². The van der Waals surface area contributed by atoms with Gasteiger partial charge in [0.25, 0.3) is 0 Å². The van der Waals surface area contributed by atoms with E-state index in [-0.39, 0.29) is 24.3 Å². The summed E-state index contributed by atoms with van der Waals surface area (Å²) in [5, 5.41) is 4.04. The molecule has 1 fully saturated rings. The van der Waals surface area contributed by atoms with E-state index in [0.29, 0.717) is 24.4 Å². The Morgan fingerprint density at radius 3 is 2.65 bits per heavy atom. The Labute approximate surface area is 123 Å². The van der Waals surface area contributed by atoms with E-state index in [9.17, 15) is 8.78 Å². The Bertz CT molecular complexity index is 453. The van der Waals surface area contributed by atoms with Gasteiger partial charge in [0.15, 0.2) is 0 Å². The van der Waals surface area contributed by atoms with E-state index in [1.165, 1.54) is 0 Å². The molecule has 2 rings (SSSR count). The molecule has 20 heavy (non-hydrogen) atoms. The van der Waals surface area contributed by atoms with Crippen LogP contribution in [-0.4, -0.2) is 23.5 Å². The van der Waals surface area contributed by atoms with Crippen LogP contribution in [0.25, 0.3) is 0 Å². The van der Waals surface area contributed by atoms with E-state index < -0.39 is 5.92 Å². The van der Waals surface area contributed by atoms with Crippen LogP contribution >= 0.6 is 11.6 Å². The number of alkyl halides is 2. The Kier molecular flexibility index (Phi) is 4.65. The van der Waals surface area contributed by atoms with Gasteiger partial charge in [-0.2, -0.15) is 0 Å². The average Bonchev–Trinajstić information content (AvgIpc) is 2.38. The number of aromatic nitrogens is 1. The molecule has 0 saturated heterocycles. The molecule has 1 aliphatic rings. The summed E-state index contributed by atoms with van der Waals surface area (Å²) in [7, 11) is 0. The maximum atomic E-state index is 13.1. The molecule has 0 unspecified atom stereocenters. The monoisotopic (exact) mass is 302 g/mol. The van der Waals surface area contributed by atoms with Gasteiger partial charge in [0.2, 0.25) is 5.92 Å². The van der Waals surface area contributed by atoms with E-state index >= 15 is 0 Å². The number of hydrogen-bond acceptors (Lipinski definition) is 2. The molecule has 112 valence electrons. The van der Waals surface area contributed by atoms with Gasteiger partial charge in [-0.25, -0.2) is 8.78 Å². The van der Waals surface area contributed by atoms with Crippen LogP contribution in [-0.2, 0) is 5.41 Å². The molecule has 1 aliphatic carbocycles. The molecule has 1 N–H and O–H groups in total. The van der Waals surface area contributed by atoms with Crippen molar-refractivity contribution in [1.29, 1.82) is 0 Å². The summed E-state index contributed by atoms with van der Waals surface area (Å²) in [4.78, 5) is 4.34. The Hall–Kier alpha value is -0.740. The first-order valence-corrected chi connectivity index (χ1v) is 7.40. The average molecular weight is 303 g/mol. The summed E-state index contributed by atoms with van der Waals surface area (Å²) >= 11 is 6.18. The predicted molar refractivity (Wildman–Crippen MR) is 77.5 cm³/mol. The highest BCUT2D eigenvalue weighted by Crippen LogP contribution is 2.33. The number of halogens is 3. The van der Waals surface area contributed by atoms with Crippen LogP contribution in [0, 0.1) is 0 Å². The minimum atomic E-state index is -2.47. The molecule has 2 nitrogen and oxygen atoms in total. The number of hydrogen-bond donors (Lipinski definition) is 1. The fourth-order valence-corrected chi connectivity index (χ4v) is 2.99. The molecule has 1 saturated carbocycles. The fourth-order valence-electron chi connectivity index (χ4n) is 2.61. The minimum Gasteiger partial charge on any atom is -0.313 e. The van der Waals surface area contributed by atoms with Crippen molar-refractivity contribution in [3.63, 3.8) is 0 Å². The van der Waals surface area contributed by atoms with Crippen molar-refractivity contribution in [2.75, 3.05) is 6.54 Å². The van der Waals surface area contributed by atoms with Crippen molar-refractivity contribution in [3.8, 4) is 0 Å². The second kappa shape index (κ2) is 5.94. The molecule has 0 spiro atoms. The molecule has 1 aromatic rings. The molecule has 0 aliphatic heterocycles. The normalized spacial score (nSPS) is 20.1. The summed E-state index contributed by atoms with van der Waals surface area (Å²) < 4.78 is 26.2. The zero-order valence-corrected chi connectivity index (χ0v) is 12.7. The van der Waals surface area contributed by atoms with Crippen molar-refractivity contribution in [3.05, 3.63) is 29.0 Å². The summed E-state index contributed by atoms with van der Waals surface area (Å²) in [5.41, 5.74) is 0.619. The van der Waals surface area contributed by atoms with E-state index in [1.807, 2.05) is 6.07 Å². The maximum Gasteiger partial charge on any atom is 0.248 e. The van der Waals surface area contributed by atoms with Gasteiger partial charge in [-0.05, 0) is 25.0 Å². The summed E-state index contributed by atoms with van der Waals surface area (Å²) in [6.07, 6.45) is 2.74. The van der Waals surface area contributed by atoms with Gasteiger partial charge in [0, 0.05) is 37.0 Å². The van der Waals surface area contributed by atoms with E-state index in [4.69, 9.17) is 11.6 Å². The van der Waals surface area contributed by atoms with Crippen LogP contribution < -0.4 is 5.32 Å². The second-order valence-corrected chi connectivity index (χ2v) is 6.64. The van der Waals surface area contributed by atoms with Crippen molar-refractivity contribution < 1.29 is 8.78 Å². The lowest BCUT2D eigenvalue weighted by Crippen LogP contribution is -2.43. The Morgan fingerprint density at radius 1 is 1.40 bits per heavy atom. The fraction of sp³-hybridized carbons (Fsp3) is 0.667.